The highest BCUT2D eigenvalue weighted by atomic mass is 15.1. The minimum Gasteiger partial charge on any atom is -0.372 e. The Hall–Kier alpha value is -2.17. The van der Waals surface area contributed by atoms with Crippen LogP contribution in [0.1, 0.15) is 18.5 Å². The molecule has 2 N–H and O–H groups in total. The molecule has 17 heavy (non-hydrogen) atoms. The standard InChI is InChI=1S/C12H15N5/c1-9(10-4-3-5-14-6-10)16-12-8-15-7-11(13-2)17-12/h3-9H,1-2H3,(H2,13,16,17). The van der Waals surface area contributed by atoms with Gasteiger partial charge in [0.25, 0.3) is 0 Å². The van der Waals surface area contributed by atoms with Crippen molar-refractivity contribution in [2.24, 2.45) is 0 Å². The molecule has 0 aliphatic heterocycles. The van der Waals surface area contributed by atoms with Crippen LogP contribution in [0.25, 0.3) is 0 Å². The van der Waals surface area contributed by atoms with Gasteiger partial charge in [-0.1, -0.05) is 6.07 Å². The highest BCUT2D eigenvalue weighted by Crippen LogP contribution is 2.16. The second-order valence-corrected chi connectivity index (χ2v) is 3.69. The maximum absolute atomic E-state index is 4.35. The van der Waals surface area contributed by atoms with Crippen LogP contribution in [0.3, 0.4) is 0 Å². The van der Waals surface area contributed by atoms with Crippen LogP contribution in [-0.4, -0.2) is 22.0 Å². The van der Waals surface area contributed by atoms with E-state index in [1.165, 1.54) is 0 Å². The molecule has 0 amide bonds. The van der Waals surface area contributed by atoms with Crippen molar-refractivity contribution in [2.75, 3.05) is 17.7 Å². The monoisotopic (exact) mass is 229 g/mol. The summed E-state index contributed by atoms with van der Waals surface area (Å²) in [6, 6.07) is 4.09. The van der Waals surface area contributed by atoms with Gasteiger partial charge >= 0.3 is 0 Å². The average Bonchev–Trinajstić information content (AvgIpc) is 2.40. The molecule has 2 heterocycles. The van der Waals surface area contributed by atoms with Gasteiger partial charge in [0.1, 0.15) is 11.6 Å². The fraction of sp³-hybridized carbons (Fsp3) is 0.250. The molecule has 0 saturated heterocycles. The lowest BCUT2D eigenvalue weighted by molar-refractivity contribution is 0.864. The predicted molar refractivity (Wildman–Crippen MR) is 67.9 cm³/mol. The summed E-state index contributed by atoms with van der Waals surface area (Å²) in [5.74, 6) is 1.49. The van der Waals surface area contributed by atoms with E-state index >= 15 is 0 Å². The fourth-order valence-electron chi connectivity index (χ4n) is 1.49. The smallest absolute Gasteiger partial charge is 0.147 e. The van der Waals surface area contributed by atoms with Crippen LogP contribution in [0.2, 0.25) is 0 Å². The third-order valence-electron chi connectivity index (χ3n) is 2.44. The van der Waals surface area contributed by atoms with Gasteiger partial charge in [0, 0.05) is 19.4 Å². The molecule has 2 aromatic rings. The van der Waals surface area contributed by atoms with Gasteiger partial charge in [-0.05, 0) is 18.6 Å². The molecule has 2 rings (SSSR count). The van der Waals surface area contributed by atoms with Crippen molar-refractivity contribution in [3.05, 3.63) is 42.5 Å². The third kappa shape index (κ3) is 2.90. The van der Waals surface area contributed by atoms with Gasteiger partial charge in [0.05, 0.1) is 18.4 Å². The SMILES string of the molecule is CNc1cncc(NC(C)c2cccnc2)n1. The van der Waals surface area contributed by atoms with Crippen molar-refractivity contribution in [1.82, 2.24) is 15.0 Å². The Morgan fingerprint density at radius 2 is 1.94 bits per heavy atom. The zero-order chi connectivity index (χ0) is 12.1. The molecule has 0 bridgehead atoms. The summed E-state index contributed by atoms with van der Waals surface area (Å²) < 4.78 is 0. The Bertz CT molecular complexity index is 471. The van der Waals surface area contributed by atoms with E-state index in [2.05, 4.69) is 32.5 Å². The quantitative estimate of drug-likeness (QED) is 0.840. The minimum atomic E-state index is 0.144. The van der Waals surface area contributed by atoms with Crippen LogP contribution in [0.15, 0.2) is 36.9 Å². The first-order chi connectivity index (χ1) is 8.29. The second kappa shape index (κ2) is 5.25. The second-order valence-electron chi connectivity index (χ2n) is 3.69. The van der Waals surface area contributed by atoms with Crippen molar-refractivity contribution >= 4 is 11.6 Å². The van der Waals surface area contributed by atoms with Gasteiger partial charge in [-0.2, -0.15) is 0 Å². The van der Waals surface area contributed by atoms with Crippen molar-refractivity contribution in [3.63, 3.8) is 0 Å². The van der Waals surface area contributed by atoms with Gasteiger partial charge in [-0.15, -0.1) is 0 Å². The normalized spacial score (nSPS) is 11.9. The number of anilines is 2. The summed E-state index contributed by atoms with van der Waals surface area (Å²) in [7, 11) is 1.82. The average molecular weight is 229 g/mol. The van der Waals surface area contributed by atoms with Crippen LogP contribution in [0, 0.1) is 0 Å². The first-order valence-electron chi connectivity index (χ1n) is 5.46. The maximum atomic E-state index is 4.35. The molecule has 5 nitrogen and oxygen atoms in total. The van der Waals surface area contributed by atoms with E-state index in [-0.39, 0.29) is 6.04 Å². The van der Waals surface area contributed by atoms with Gasteiger partial charge < -0.3 is 10.6 Å². The number of rotatable bonds is 4. The lowest BCUT2D eigenvalue weighted by Gasteiger charge is -2.14. The first kappa shape index (κ1) is 11.3. The summed E-state index contributed by atoms with van der Waals surface area (Å²) in [5.41, 5.74) is 1.11. The maximum Gasteiger partial charge on any atom is 0.147 e. The molecule has 0 aliphatic rings. The van der Waals surface area contributed by atoms with E-state index in [0.717, 1.165) is 17.2 Å². The summed E-state index contributed by atoms with van der Waals surface area (Å²) >= 11 is 0. The van der Waals surface area contributed by atoms with Crippen LogP contribution < -0.4 is 10.6 Å². The molecular formula is C12H15N5. The Morgan fingerprint density at radius 3 is 2.65 bits per heavy atom. The Kier molecular flexibility index (Phi) is 3.49. The Morgan fingerprint density at radius 1 is 1.12 bits per heavy atom. The summed E-state index contributed by atoms with van der Waals surface area (Å²) in [6.07, 6.45) is 6.98. The molecule has 1 unspecified atom stereocenters. The Balaban J connectivity index is 2.10. The van der Waals surface area contributed by atoms with E-state index < -0.39 is 0 Å². The van der Waals surface area contributed by atoms with E-state index in [1.54, 1.807) is 18.6 Å². The molecular weight excluding hydrogens is 214 g/mol. The predicted octanol–water partition coefficient (Wildman–Crippen LogP) is 2.09. The molecule has 2 aromatic heterocycles. The van der Waals surface area contributed by atoms with Crippen LogP contribution >= 0.6 is 0 Å². The summed E-state index contributed by atoms with van der Waals surface area (Å²) in [4.78, 5) is 12.5. The molecule has 5 heteroatoms. The van der Waals surface area contributed by atoms with E-state index in [9.17, 15) is 0 Å². The number of pyridine rings is 1. The van der Waals surface area contributed by atoms with E-state index in [0.29, 0.717) is 0 Å². The number of nitrogens with zero attached hydrogens (tertiary/aromatic N) is 3. The van der Waals surface area contributed by atoms with Crippen LogP contribution in [0.5, 0.6) is 0 Å². The van der Waals surface area contributed by atoms with Gasteiger partial charge in [-0.3, -0.25) is 9.97 Å². The fourth-order valence-corrected chi connectivity index (χ4v) is 1.49. The number of nitrogens with one attached hydrogen (secondary N) is 2. The molecule has 1 atom stereocenters. The molecule has 0 aliphatic carbocycles. The molecule has 0 aromatic carbocycles. The summed E-state index contributed by atoms with van der Waals surface area (Å²) in [6.45, 7) is 2.06. The lowest BCUT2D eigenvalue weighted by Crippen LogP contribution is -2.09. The first-order valence-corrected chi connectivity index (χ1v) is 5.46. The molecule has 0 spiro atoms. The topological polar surface area (TPSA) is 62.7 Å². The zero-order valence-electron chi connectivity index (χ0n) is 9.88. The highest BCUT2D eigenvalue weighted by molar-refractivity contribution is 5.42. The number of aromatic nitrogens is 3. The lowest BCUT2D eigenvalue weighted by atomic mass is 10.1. The van der Waals surface area contributed by atoms with Crippen molar-refractivity contribution in [2.45, 2.75) is 13.0 Å². The van der Waals surface area contributed by atoms with Gasteiger partial charge in [0.15, 0.2) is 0 Å². The number of hydrogen-bond donors (Lipinski definition) is 2. The number of hydrogen-bond acceptors (Lipinski definition) is 5. The largest absolute Gasteiger partial charge is 0.372 e. The van der Waals surface area contributed by atoms with Crippen LogP contribution in [-0.2, 0) is 0 Å². The molecule has 88 valence electrons. The van der Waals surface area contributed by atoms with E-state index in [4.69, 9.17) is 0 Å². The van der Waals surface area contributed by atoms with Crippen molar-refractivity contribution in [3.8, 4) is 0 Å². The third-order valence-corrected chi connectivity index (χ3v) is 2.44. The molecule has 0 radical (unpaired) electrons. The minimum absolute atomic E-state index is 0.144. The van der Waals surface area contributed by atoms with Gasteiger partial charge in [0.2, 0.25) is 0 Å². The zero-order valence-corrected chi connectivity index (χ0v) is 9.88. The highest BCUT2D eigenvalue weighted by Gasteiger charge is 2.06. The molecule has 0 saturated carbocycles. The van der Waals surface area contributed by atoms with Crippen molar-refractivity contribution in [1.29, 1.82) is 0 Å². The van der Waals surface area contributed by atoms with Crippen molar-refractivity contribution < 1.29 is 0 Å². The van der Waals surface area contributed by atoms with Crippen LogP contribution in [0.4, 0.5) is 11.6 Å². The molecule has 0 fully saturated rings. The van der Waals surface area contributed by atoms with Gasteiger partial charge in [-0.25, -0.2) is 4.98 Å². The summed E-state index contributed by atoms with van der Waals surface area (Å²) in [5, 5.41) is 6.23. The van der Waals surface area contributed by atoms with E-state index in [1.807, 2.05) is 25.4 Å². The Labute approximate surface area is 100 Å².